The SMILES string of the molecule is CCOC(=O)C1=C(C)NC(C[P+](c2ccccc2)(c2ccccc2)c2ccccc2)=C(C(=O)OCC)C1c1ccccc1Cl. The van der Waals surface area contributed by atoms with E-state index in [1.54, 1.807) is 19.9 Å². The number of nitrogens with one attached hydrogen (secondary N) is 1. The zero-order chi connectivity index (χ0) is 31.1. The molecule has 7 heteroatoms. The number of rotatable bonds is 10. The lowest BCUT2D eigenvalue weighted by molar-refractivity contribution is -0.139. The number of carbonyl (C=O) groups is 2. The maximum atomic E-state index is 14.1. The third kappa shape index (κ3) is 6.08. The first-order valence-electron chi connectivity index (χ1n) is 14.8. The maximum Gasteiger partial charge on any atom is 0.336 e. The lowest BCUT2D eigenvalue weighted by atomic mass is 9.80. The second-order valence-electron chi connectivity index (χ2n) is 10.4. The average Bonchev–Trinajstić information content (AvgIpc) is 3.05. The van der Waals surface area contributed by atoms with Gasteiger partial charge in [-0.15, -0.1) is 0 Å². The Kier molecular flexibility index (Phi) is 9.99. The summed E-state index contributed by atoms with van der Waals surface area (Å²) in [5, 5.41) is 7.48. The molecule has 4 aromatic rings. The van der Waals surface area contributed by atoms with Crippen LogP contribution in [0.3, 0.4) is 0 Å². The molecule has 5 rings (SSSR count). The fourth-order valence-corrected chi connectivity index (χ4v) is 10.4. The highest BCUT2D eigenvalue weighted by atomic mass is 35.5. The predicted octanol–water partition coefficient (Wildman–Crippen LogP) is 6.68. The number of ether oxygens (including phenoxy) is 2. The predicted molar refractivity (Wildman–Crippen MR) is 180 cm³/mol. The molecule has 1 unspecified atom stereocenters. The van der Waals surface area contributed by atoms with E-state index >= 15 is 0 Å². The Hall–Kier alpha value is -4.18. The number of hydrogen-bond acceptors (Lipinski definition) is 5. The third-order valence-corrected chi connectivity index (χ3v) is 12.5. The van der Waals surface area contributed by atoms with Crippen LogP contribution in [0.1, 0.15) is 32.3 Å². The fourth-order valence-electron chi connectivity index (χ4n) is 5.98. The molecule has 5 nitrogen and oxygen atoms in total. The highest BCUT2D eigenvalue weighted by Crippen LogP contribution is 2.58. The molecular weight excluding hydrogens is 589 g/mol. The van der Waals surface area contributed by atoms with Gasteiger partial charge >= 0.3 is 11.9 Å². The molecular formula is C37H36ClNO4P+. The molecule has 0 saturated heterocycles. The van der Waals surface area contributed by atoms with Gasteiger partial charge in [-0.25, -0.2) is 9.59 Å². The van der Waals surface area contributed by atoms with Crippen molar-refractivity contribution in [3.05, 3.63) is 148 Å². The molecule has 1 N–H and O–H groups in total. The van der Waals surface area contributed by atoms with Crippen LogP contribution in [0.4, 0.5) is 0 Å². The van der Waals surface area contributed by atoms with Crippen molar-refractivity contribution in [2.24, 2.45) is 0 Å². The van der Waals surface area contributed by atoms with E-state index in [4.69, 9.17) is 21.1 Å². The van der Waals surface area contributed by atoms with Gasteiger partial charge in [0.15, 0.2) is 0 Å². The van der Waals surface area contributed by atoms with Crippen LogP contribution in [0.25, 0.3) is 0 Å². The summed E-state index contributed by atoms with van der Waals surface area (Å²) >= 11 is 6.81. The molecule has 1 aliphatic heterocycles. The van der Waals surface area contributed by atoms with Crippen molar-refractivity contribution in [2.45, 2.75) is 26.7 Å². The zero-order valence-electron chi connectivity index (χ0n) is 25.1. The summed E-state index contributed by atoms with van der Waals surface area (Å²) in [4.78, 5) is 27.7. The molecule has 4 aromatic carbocycles. The Balaban J connectivity index is 1.84. The second kappa shape index (κ2) is 14.1. The van der Waals surface area contributed by atoms with Gasteiger partial charge in [-0.2, -0.15) is 0 Å². The van der Waals surface area contributed by atoms with Gasteiger partial charge in [0.1, 0.15) is 29.3 Å². The molecule has 0 spiro atoms. The first-order chi connectivity index (χ1) is 21.4. The minimum Gasteiger partial charge on any atom is -0.463 e. The van der Waals surface area contributed by atoms with Crippen molar-refractivity contribution in [3.63, 3.8) is 0 Å². The van der Waals surface area contributed by atoms with E-state index in [-0.39, 0.29) is 13.2 Å². The van der Waals surface area contributed by atoms with Gasteiger partial charge in [0.25, 0.3) is 0 Å². The number of allylic oxidation sites excluding steroid dienone is 2. The number of esters is 2. The van der Waals surface area contributed by atoms with Crippen molar-refractivity contribution in [2.75, 3.05) is 19.4 Å². The van der Waals surface area contributed by atoms with E-state index in [9.17, 15) is 9.59 Å². The Morgan fingerprint density at radius 3 is 1.57 bits per heavy atom. The summed E-state index contributed by atoms with van der Waals surface area (Å²) < 4.78 is 11.2. The zero-order valence-corrected chi connectivity index (χ0v) is 26.8. The molecule has 0 radical (unpaired) electrons. The Bertz CT molecular complexity index is 1590. The third-order valence-electron chi connectivity index (χ3n) is 7.84. The van der Waals surface area contributed by atoms with E-state index in [0.717, 1.165) is 0 Å². The van der Waals surface area contributed by atoms with Crippen LogP contribution in [-0.2, 0) is 19.1 Å². The van der Waals surface area contributed by atoms with E-state index < -0.39 is 25.1 Å². The van der Waals surface area contributed by atoms with Gasteiger partial charge in [-0.05, 0) is 68.8 Å². The number of benzene rings is 4. The monoisotopic (exact) mass is 624 g/mol. The van der Waals surface area contributed by atoms with Crippen molar-refractivity contribution in [1.82, 2.24) is 5.32 Å². The van der Waals surface area contributed by atoms with Crippen LogP contribution < -0.4 is 21.2 Å². The molecule has 0 saturated carbocycles. The number of dihydropyridines is 1. The smallest absolute Gasteiger partial charge is 0.336 e. The van der Waals surface area contributed by atoms with E-state index in [1.165, 1.54) is 15.9 Å². The first kappa shape index (κ1) is 31.3. The second-order valence-corrected chi connectivity index (χ2v) is 14.3. The van der Waals surface area contributed by atoms with Crippen LogP contribution in [-0.4, -0.2) is 31.3 Å². The summed E-state index contributed by atoms with van der Waals surface area (Å²) in [5.41, 5.74) is 2.66. The molecule has 1 aliphatic rings. The molecule has 1 atom stereocenters. The Morgan fingerprint density at radius 1 is 0.682 bits per heavy atom. The summed E-state index contributed by atoms with van der Waals surface area (Å²) in [5.74, 6) is -1.79. The average molecular weight is 625 g/mol. The molecule has 0 bridgehead atoms. The van der Waals surface area contributed by atoms with E-state index in [0.29, 0.717) is 39.3 Å². The van der Waals surface area contributed by atoms with E-state index in [2.05, 4.69) is 78.1 Å². The molecule has 0 amide bonds. The van der Waals surface area contributed by atoms with Crippen molar-refractivity contribution < 1.29 is 19.1 Å². The topological polar surface area (TPSA) is 64.6 Å². The lowest BCUT2D eigenvalue weighted by Crippen LogP contribution is -2.39. The van der Waals surface area contributed by atoms with Gasteiger partial charge in [0.05, 0.1) is 36.0 Å². The van der Waals surface area contributed by atoms with Crippen molar-refractivity contribution in [3.8, 4) is 0 Å². The van der Waals surface area contributed by atoms with Crippen molar-refractivity contribution >= 4 is 46.7 Å². The summed E-state index contributed by atoms with van der Waals surface area (Å²) in [6, 6.07) is 38.7. The van der Waals surface area contributed by atoms with Gasteiger partial charge in [0.2, 0.25) is 0 Å². The van der Waals surface area contributed by atoms with Gasteiger partial charge in [-0.3, -0.25) is 0 Å². The summed E-state index contributed by atoms with van der Waals surface area (Å²) in [7, 11) is -2.43. The van der Waals surface area contributed by atoms with Crippen LogP contribution in [0.15, 0.2) is 138 Å². The minimum absolute atomic E-state index is 0.179. The maximum absolute atomic E-state index is 14.1. The quantitative estimate of drug-likeness (QED) is 0.158. The van der Waals surface area contributed by atoms with Gasteiger partial charge < -0.3 is 14.8 Å². The minimum atomic E-state index is -2.43. The number of halogens is 1. The molecule has 224 valence electrons. The molecule has 0 aliphatic carbocycles. The largest absolute Gasteiger partial charge is 0.463 e. The Labute approximate surface area is 264 Å². The standard InChI is InChI=1S/C37H35ClNO4P/c1-4-42-36(40)33-26(3)39-32(35(37(41)43-5-2)34(33)30-23-15-16-24-31(30)38)25-44(27-17-9-6-10-18-27,28-19-11-7-12-20-28)29-21-13-8-14-22-29/h6-24,34H,4-5,25H2,1-3H3/p+1. The van der Waals surface area contributed by atoms with Gasteiger partial charge in [-0.1, -0.05) is 84.4 Å². The summed E-state index contributed by atoms with van der Waals surface area (Å²) in [6.07, 6.45) is 0.480. The number of hydrogen-bond donors (Lipinski definition) is 1. The lowest BCUT2D eigenvalue weighted by Gasteiger charge is -2.35. The number of carbonyl (C=O) groups excluding carboxylic acids is 2. The van der Waals surface area contributed by atoms with Crippen molar-refractivity contribution in [1.29, 1.82) is 0 Å². The highest BCUT2D eigenvalue weighted by Gasteiger charge is 2.49. The highest BCUT2D eigenvalue weighted by molar-refractivity contribution is 7.95. The van der Waals surface area contributed by atoms with Crippen LogP contribution in [0.5, 0.6) is 0 Å². The first-order valence-corrected chi connectivity index (χ1v) is 17.1. The molecule has 44 heavy (non-hydrogen) atoms. The van der Waals surface area contributed by atoms with Crippen LogP contribution in [0.2, 0.25) is 5.02 Å². The normalized spacial score (nSPS) is 15.0. The summed E-state index contributed by atoms with van der Waals surface area (Å²) in [6.45, 7) is 5.77. The fraction of sp³-hybridized carbons (Fsp3) is 0.189. The molecule has 1 heterocycles. The molecule has 0 fully saturated rings. The van der Waals surface area contributed by atoms with Crippen LogP contribution in [0, 0.1) is 0 Å². The van der Waals surface area contributed by atoms with Gasteiger partial charge in [0, 0.05) is 10.7 Å². The van der Waals surface area contributed by atoms with E-state index in [1.807, 2.05) is 43.3 Å². The Morgan fingerprint density at radius 2 is 1.11 bits per heavy atom. The molecule has 0 aromatic heterocycles. The van der Waals surface area contributed by atoms with Crippen LogP contribution >= 0.6 is 18.9 Å².